The van der Waals surface area contributed by atoms with E-state index in [2.05, 4.69) is 4.18 Å². The molecule has 0 radical (unpaired) electrons. The Kier molecular flexibility index (Phi) is 7.52. The highest BCUT2D eigenvalue weighted by atomic mass is 32.2. The van der Waals surface area contributed by atoms with Gasteiger partial charge in [0.1, 0.15) is 11.6 Å². The van der Waals surface area contributed by atoms with E-state index < -0.39 is 21.4 Å². The fourth-order valence-corrected chi connectivity index (χ4v) is 5.41. The predicted molar refractivity (Wildman–Crippen MR) is 143 cm³/mol. The number of aromatic nitrogens is 2. The second-order valence-electron chi connectivity index (χ2n) is 9.57. The van der Waals surface area contributed by atoms with Gasteiger partial charge >= 0.3 is 15.6 Å². The van der Waals surface area contributed by atoms with Gasteiger partial charge < -0.3 is 4.18 Å². The van der Waals surface area contributed by atoms with Gasteiger partial charge in [-0.05, 0) is 35.7 Å². The van der Waals surface area contributed by atoms with Crippen LogP contribution in [0.3, 0.4) is 0 Å². The molecule has 3 aromatic carbocycles. The molecule has 0 bridgehead atoms. The summed E-state index contributed by atoms with van der Waals surface area (Å²) in [6.45, 7) is 3.22. The topological polar surface area (TPSA) is 81.5 Å². The molecular weight excluding hydrogens is 543 g/mol. The van der Waals surface area contributed by atoms with E-state index in [1.165, 1.54) is 24.3 Å². The Bertz CT molecular complexity index is 1620. The van der Waals surface area contributed by atoms with Crippen molar-refractivity contribution in [1.82, 2.24) is 14.5 Å². The van der Waals surface area contributed by atoms with Gasteiger partial charge in [0.2, 0.25) is 0 Å². The van der Waals surface area contributed by atoms with Crippen LogP contribution >= 0.6 is 0 Å². The first-order valence-electron chi connectivity index (χ1n) is 12.6. The zero-order chi connectivity index (χ0) is 28.5. The maximum Gasteiger partial charge on any atom is 0.534 e. The molecule has 0 unspecified atom stereocenters. The van der Waals surface area contributed by atoms with Crippen LogP contribution in [0.15, 0.2) is 89.7 Å². The van der Waals surface area contributed by atoms with Gasteiger partial charge in [-0.1, -0.05) is 72.8 Å². The van der Waals surface area contributed by atoms with Gasteiger partial charge in [-0.25, -0.2) is 4.98 Å². The molecule has 40 heavy (non-hydrogen) atoms. The molecule has 1 aliphatic heterocycles. The number of nitrogens with zero attached hydrogens (tertiary/aromatic N) is 3. The van der Waals surface area contributed by atoms with Crippen molar-refractivity contribution in [3.63, 3.8) is 0 Å². The Balaban J connectivity index is 1.41. The van der Waals surface area contributed by atoms with Gasteiger partial charge in [-0.15, -0.1) is 0 Å². The van der Waals surface area contributed by atoms with Crippen molar-refractivity contribution in [2.45, 2.75) is 38.0 Å². The highest BCUT2D eigenvalue weighted by molar-refractivity contribution is 7.88. The van der Waals surface area contributed by atoms with E-state index in [1.807, 2.05) is 72.5 Å². The van der Waals surface area contributed by atoms with Crippen molar-refractivity contribution in [3.05, 3.63) is 129 Å². The first-order valence-corrected chi connectivity index (χ1v) is 14.0. The lowest BCUT2D eigenvalue weighted by Crippen LogP contribution is -2.40. The quantitative estimate of drug-likeness (QED) is 0.231. The third kappa shape index (κ3) is 5.66. The van der Waals surface area contributed by atoms with Crippen molar-refractivity contribution >= 4 is 10.1 Å². The third-order valence-corrected chi connectivity index (χ3v) is 7.80. The first kappa shape index (κ1) is 27.6. The summed E-state index contributed by atoms with van der Waals surface area (Å²) in [5, 5.41) is 0. The Morgan fingerprint density at radius 3 is 2.05 bits per heavy atom. The van der Waals surface area contributed by atoms with Crippen LogP contribution in [0.2, 0.25) is 0 Å². The molecule has 0 saturated carbocycles. The number of aryl methyl sites for hydroxylation is 1. The Labute approximate surface area is 229 Å². The highest BCUT2D eigenvalue weighted by Gasteiger charge is 2.48. The molecule has 0 atom stereocenters. The highest BCUT2D eigenvalue weighted by Crippen LogP contribution is 2.29. The minimum absolute atomic E-state index is 0.119. The van der Waals surface area contributed by atoms with Crippen LogP contribution in [0, 0.1) is 6.92 Å². The summed E-state index contributed by atoms with van der Waals surface area (Å²) in [4.78, 5) is 20.9. The Hall–Kier alpha value is -3.96. The number of benzene rings is 3. The average molecular weight is 570 g/mol. The van der Waals surface area contributed by atoms with E-state index in [-0.39, 0.29) is 11.6 Å². The van der Waals surface area contributed by atoms with Gasteiger partial charge in [0.25, 0.3) is 5.56 Å². The van der Waals surface area contributed by atoms with E-state index in [4.69, 9.17) is 4.98 Å². The molecule has 1 aromatic heterocycles. The zero-order valence-electron chi connectivity index (χ0n) is 21.5. The summed E-state index contributed by atoms with van der Waals surface area (Å²) < 4.78 is 66.2. The lowest BCUT2D eigenvalue weighted by atomic mass is 9.97. The van der Waals surface area contributed by atoms with Crippen molar-refractivity contribution in [1.29, 1.82) is 0 Å². The van der Waals surface area contributed by atoms with Crippen molar-refractivity contribution in [2.75, 3.05) is 6.54 Å². The summed E-state index contributed by atoms with van der Waals surface area (Å²) in [6, 6.07) is 24.6. The molecule has 11 heteroatoms. The lowest BCUT2D eigenvalue weighted by molar-refractivity contribution is -0.0500. The van der Waals surface area contributed by atoms with E-state index in [9.17, 15) is 26.4 Å². The SMILES string of the molecule is Cc1nc2c(c(=O)n1C(c1ccccc1)c1ccccc1)CN(Cc1ccc(OS(=O)(=O)C(F)(F)F)cc1)CC2. The zero-order valence-corrected chi connectivity index (χ0v) is 22.3. The Morgan fingerprint density at radius 1 is 0.925 bits per heavy atom. The van der Waals surface area contributed by atoms with Crippen LogP contribution < -0.4 is 9.74 Å². The molecule has 208 valence electrons. The first-order chi connectivity index (χ1) is 19.0. The molecule has 0 saturated heterocycles. The summed E-state index contributed by atoms with van der Waals surface area (Å²) in [7, 11) is -5.74. The molecule has 0 spiro atoms. The second-order valence-corrected chi connectivity index (χ2v) is 11.1. The maximum atomic E-state index is 14.0. The minimum atomic E-state index is -5.74. The number of halogens is 3. The van der Waals surface area contributed by atoms with E-state index in [1.54, 1.807) is 4.57 Å². The lowest BCUT2D eigenvalue weighted by Gasteiger charge is -2.30. The van der Waals surface area contributed by atoms with Gasteiger partial charge in [-0.3, -0.25) is 14.3 Å². The third-order valence-electron chi connectivity index (χ3n) is 6.83. The normalized spacial score (nSPS) is 14.2. The van der Waals surface area contributed by atoms with E-state index in [0.29, 0.717) is 37.4 Å². The largest absolute Gasteiger partial charge is 0.534 e. The number of fused-ring (bicyclic) bond motifs is 1. The summed E-state index contributed by atoms with van der Waals surface area (Å²) in [5.74, 6) is 0.194. The summed E-state index contributed by atoms with van der Waals surface area (Å²) in [5.41, 5.74) is -1.61. The number of hydrogen-bond acceptors (Lipinski definition) is 6. The summed E-state index contributed by atoms with van der Waals surface area (Å²) in [6.07, 6.45) is 0.568. The van der Waals surface area contributed by atoms with Crippen LogP contribution in [-0.2, 0) is 29.6 Å². The molecule has 0 amide bonds. The van der Waals surface area contributed by atoms with E-state index >= 15 is 0 Å². The van der Waals surface area contributed by atoms with E-state index in [0.717, 1.165) is 22.4 Å². The smallest absolute Gasteiger partial charge is 0.376 e. The van der Waals surface area contributed by atoms with Crippen molar-refractivity contribution in [2.24, 2.45) is 0 Å². The fourth-order valence-electron chi connectivity index (χ4n) is 4.95. The van der Waals surface area contributed by atoms with Crippen LogP contribution in [0.4, 0.5) is 13.2 Å². The number of alkyl halides is 3. The monoisotopic (exact) mass is 569 g/mol. The molecule has 2 heterocycles. The van der Waals surface area contributed by atoms with Gasteiger partial charge in [0.05, 0.1) is 17.3 Å². The van der Waals surface area contributed by atoms with Gasteiger partial charge in [0, 0.05) is 26.1 Å². The molecule has 0 aliphatic carbocycles. The molecule has 0 fully saturated rings. The standard InChI is InChI=1S/C29H26F3N3O4S/c1-20-33-26-16-17-34(18-21-12-14-24(15-13-21)39-40(37,38)29(30,31)32)19-25(26)28(36)35(20)27(22-8-4-2-5-9-22)23-10-6-3-7-11-23/h2-15,27H,16-19H2,1H3. The van der Waals surface area contributed by atoms with Crippen LogP contribution in [0.25, 0.3) is 0 Å². The minimum Gasteiger partial charge on any atom is -0.376 e. The van der Waals surface area contributed by atoms with Crippen molar-refractivity contribution in [3.8, 4) is 5.75 Å². The van der Waals surface area contributed by atoms with Gasteiger partial charge in [0.15, 0.2) is 0 Å². The van der Waals surface area contributed by atoms with Gasteiger partial charge in [-0.2, -0.15) is 21.6 Å². The maximum absolute atomic E-state index is 14.0. The second kappa shape index (κ2) is 10.9. The van der Waals surface area contributed by atoms with Crippen LogP contribution in [-0.4, -0.2) is 34.9 Å². The summed E-state index contributed by atoms with van der Waals surface area (Å²) >= 11 is 0. The molecular formula is C29H26F3N3O4S. The van der Waals surface area contributed by atoms with Crippen LogP contribution in [0.5, 0.6) is 5.75 Å². The molecule has 5 rings (SSSR count). The predicted octanol–water partition coefficient (Wildman–Crippen LogP) is 4.98. The average Bonchev–Trinajstić information content (AvgIpc) is 2.93. The number of rotatable bonds is 7. The van der Waals surface area contributed by atoms with Crippen LogP contribution in [0.1, 0.15) is 39.8 Å². The molecule has 4 aromatic rings. The van der Waals surface area contributed by atoms with Crippen molar-refractivity contribution < 1.29 is 25.8 Å². The molecule has 0 N–H and O–H groups in total. The number of hydrogen-bond donors (Lipinski definition) is 0. The fraction of sp³-hybridized carbons (Fsp3) is 0.241. The molecule has 7 nitrogen and oxygen atoms in total. The Morgan fingerprint density at radius 2 is 1.50 bits per heavy atom. The molecule has 1 aliphatic rings.